The van der Waals surface area contributed by atoms with Gasteiger partial charge in [0.05, 0.1) is 16.8 Å². The summed E-state index contributed by atoms with van der Waals surface area (Å²) < 4.78 is 13.1. The van der Waals surface area contributed by atoms with Crippen LogP contribution in [-0.2, 0) is 0 Å². The number of anilines is 3. The van der Waals surface area contributed by atoms with E-state index in [0.29, 0.717) is 11.5 Å². The molecule has 1 aliphatic heterocycles. The number of nitrogens with zero attached hydrogens (tertiary/aromatic N) is 1. The van der Waals surface area contributed by atoms with Gasteiger partial charge in [-0.05, 0) is 86.3 Å². The Balaban J connectivity index is 1.05. The van der Waals surface area contributed by atoms with Gasteiger partial charge in [-0.15, -0.1) is 0 Å². The lowest BCUT2D eigenvalue weighted by Gasteiger charge is -2.27. The molecule has 3 heteroatoms. The van der Waals surface area contributed by atoms with Gasteiger partial charge in [0.2, 0.25) is 0 Å². The summed E-state index contributed by atoms with van der Waals surface area (Å²) in [6, 6.07) is 66.2. The molecular formula is C48H31NO2. The van der Waals surface area contributed by atoms with Gasteiger partial charge in [0.15, 0.2) is 11.5 Å². The second-order valence-corrected chi connectivity index (χ2v) is 12.9. The first-order chi connectivity index (χ1) is 25.3. The van der Waals surface area contributed by atoms with Gasteiger partial charge in [0, 0.05) is 17.1 Å². The summed E-state index contributed by atoms with van der Waals surface area (Å²) in [6.07, 6.45) is 0. The van der Waals surface area contributed by atoms with Crippen molar-refractivity contribution < 1.29 is 9.47 Å². The standard InChI is InChI=1S/C48H31NO2/c1-3-15-40-34(9-1)11-5-17-41(40)36-23-21-32(22-24-36)33-25-27-38(28-26-33)49(43-18-6-12-35-10-2-4-16-42(35)43)39-29-30-44-47(31-39)51-46-20-8-14-37-13-7-19-45(50-44)48(37)46/h1-31H. The molecule has 0 N–H and O–H groups in total. The minimum absolute atomic E-state index is 0.671. The van der Waals surface area contributed by atoms with Gasteiger partial charge in [0.1, 0.15) is 11.5 Å². The van der Waals surface area contributed by atoms with Crippen LogP contribution in [0.3, 0.4) is 0 Å². The van der Waals surface area contributed by atoms with Crippen LogP contribution in [0.2, 0.25) is 0 Å². The lowest BCUT2D eigenvalue weighted by molar-refractivity contribution is 0.439. The molecule has 10 rings (SSSR count). The molecule has 0 fully saturated rings. The first-order valence-corrected chi connectivity index (χ1v) is 17.2. The average molecular weight is 654 g/mol. The maximum Gasteiger partial charge on any atom is 0.172 e. The second kappa shape index (κ2) is 11.9. The summed E-state index contributed by atoms with van der Waals surface area (Å²) in [5, 5.41) is 6.92. The van der Waals surface area contributed by atoms with E-state index >= 15 is 0 Å². The summed E-state index contributed by atoms with van der Waals surface area (Å²) in [7, 11) is 0. The zero-order chi connectivity index (χ0) is 33.7. The first kappa shape index (κ1) is 29.1. The van der Waals surface area contributed by atoms with Gasteiger partial charge < -0.3 is 14.4 Å². The van der Waals surface area contributed by atoms with Gasteiger partial charge in [-0.25, -0.2) is 0 Å². The molecule has 3 nitrogen and oxygen atoms in total. The smallest absolute Gasteiger partial charge is 0.172 e. The highest BCUT2D eigenvalue weighted by atomic mass is 16.5. The lowest BCUT2D eigenvalue weighted by Crippen LogP contribution is -2.10. The molecule has 0 saturated carbocycles. The summed E-state index contributed by atoms with van der Waals surface area (Å²) in [5.74, 6) is 2.93. The van der Waals surface area contributed by atoms with E-state index in [1.165, 1.54) is 32.8 Å². The number of hydrogen-bond acceptors (Lipinski definition) is 3. The molecule has 51 heavy (non-hydrogen) atoms. The van der Waals surface area contributed by atoms with Gasteiger partial charge in [-0.2, -0.15) is 0 Å². The van der Waals surface area contributed by atoms with Crippen LogP contribution >= 0.6 is 0 Å². The quantitative estimate of drug-likeness (QED) is 0.184. The average Bonchev–Trinajstić information content (AvgIpc) is 3.35. The Hall–Kier alpha value is -6.84. The van der Waals surface area contributed by atoms with E-state index in [0.717, 1.165) is 50.3 Å². The third-order valence-electron chi connectivity index (χ3n) is 9.91. The van der Waals surface area contributed by atoms with E-state index in [-0.39, 0.29) is 0 Å². The molecule has 0 aliphatic carbocycles. The van der Waals surface area contributed by atoms with Crippen LogP contribution in [0.15, 0.2) is 188 Å². The van der Waals surface area contributed by atoms with Crippen molar-refractivity contribution in [3.63, 3.8) is 0 Å². The SMILES string of the molecule is c1ccc2c(-c3ccc(-c4ccc(N(c5ccc6c(c5)Oc5cccc7cccc(c57)O6)c5cccc6ccccc56)cc4)cc3)cccc2c1. The van der Waals surface area contributed by atoms with Crippen molar-refractivity contribution in [2.45, 2.75) is 0 Å². The molecule has 0 spiro atoms. The Bertz CT molecular complexity index is 2730. The minimum atomic E-state index is 0.671. The monoisotopic (exact) mass is 653 g/mol. The van der Waals surface area contributed by atoms with Crippen LogP contribution in [0.25, 0.3) is 54.6 Å². The number of rotatable bonds is 5. The van der Waals surface area contributed by atoms with Crippen LogP contribution in [0.5, 0.6) is 23.0 Å². The van der Waals surface area contributed by atoms with Crippen molar-refractivity contribution in [3.05, 3.63) is 188 Å². The fraction of sp³-hybridized carbons (Fsp3) is 0. The maximum absolute atomic E-state index is 6.62. The van der Waals surface area contributed by atoms with Gasteiger partial charge >= 0.3 is 0 Å². The third-order valence-corrected chi connectivity index (χ3v) is 9.91. The van der Waals surface area contributed by atoms with Gasteiger partial charge in [-0.3, -0.25) is 0 Å². The zero-order valence-electron chi connectivity index (χ0n) is 27.7. The van der Waals surface area contributed by atoms with Crippen LogP contribution in [0.4, 0.5) is 17.1 Å². The molecule has 0 aromatic heterocycles. The van der Waals surface area contributed by atoms with Crippen molar-refractivity contribution >= 4 is 49.4 Å². The summed E-state index contributed by atoms with van der Waals surface area (Å²) in [5.41, 5.74) is 7.89. The Kier molecular flexibility index (Phi) is 6.81. The molecule has 0 saturated heterocycles. The van der Waals surface area contributed by atoms with Crippen molar-refractivity contribution in [2.24, 2.45) is 0 Å². The van der Waals surface area contributed by atoms with E-state index in [9.17, 15) is 0 Å². The van der Waals surface area contributed by atoms with Crippen LogP contribution < -0.4 is 14.4 Å². The van der Waals surface area contributed by atoms with Crippen LogP contribution in [0, 0.1) is 0 Å². The largest absolute Gasteiger partial charge is 0.453 e. The molecule has 0 unspecified atom stereocenters. The highest BCUT2D eigenvalue weighted by molar-refractivity contribution is 6.00. The van der Waals surface area contributed by atoms with E-state index in [2.05, 4.69) is 163 Å². The molecule has 1 heterocycles. The second-order valence-electron chi connectivity index (χ2n) is 12.9. The van der Waals surface area contributed by atoms with Gasteiger partial charge in [0.25, 0.3) is 0 Å². The summed E-state index contributed by atoms with van der Waals surface area (Å²) in [6.45, 7) is 0. The molecule has 0 radical (unpaired) electrons. The van der Waals surface area contributed by atoms with E-state index in [1.54, 1.807) is 0 Å². The maximum atomic E-state index is 6.62. The van der Waals surface area contributed by atoms with Crippen molar-refractivity contribution in [1.29, 1.82) is 0 Å². The third kappa shape index (κ3) is 5.06. The number of fused-ring (bicyclic) bond motifs is 3. The molecule has 0 atom stereocenters. The predicted molar refractivity (Wildman–Crippen MR) is 211 cm³/mol. The molecule has 9 aromatic rings. The fourth-order valence-electron chi connectivity index (χ4n) is 7.43. The Morgan fingerprint density at radius 1 is 0.333 bits per heavy atom. The Labute approximate surface area is 296 Å². The molecule has 1 aliphatic rings. The lowest BCUT2D eigenvalue weighted by atomic mass is 9.96. The molecule has 240 valence electrons. The number of benzene rings is 9. The van der Waals surface area contributed by atoms with Crippen molar-refractivity contribution in [1.82, 2.24) is 0 Å². The molecule has 0 bridgehead atoms. The number of ether oxygens (including phenoxy) is 2. The summed E-state index contributed by atoms with van der Waals surface area (Å²) >= 11 is 0. The minimum Gasteiger partial charge on any atom is -0.453 e. The highest BCUT2D eigenvalue weighted by Gasteiger charge is 2.22. The molecule has 0 amide bonds. The van der Waals surface area contributed by atoms with Crippen LogP contribution in [0.1, 0.15) is 0 Å². The van der Waals surface area contributed by atoms with E-state index in [4.69, 9.17) is 9.47 Å². The number of hydrogen-bond donors (Lipinski definition) is 0. The van der Waals surface area contributed by atoms with Crippen LogP contribution in [-0.4, -0.2) is 0 Å². The fourth-order valence-corrected chi connectivity index (χ4v) is 7.43. The molecular weight excluding hydrogens is 623 g/mol. The predicted octanol–water partition coefficient (Wildman–Crippen LogP) is 13.8. The summed E-state index contributed by atoms with van der Waals surface area (Å²) in [4.78, 5) is 2.30. The highest BCUT2D eigenvalue weighted by Crippen LogP contribution is 2.49. The topological polar surface area (TPSA) is 21.7 Å². The first-order valence-electron chi connectivity index (χ1n) is 17.2. The van der Waals surface area contributed by atoms with Crippen molar-refractivity contribution in [2.75, 3.05) is 4.90 Å². The normalized spacial score (nSPS) is 11.8. The molecule has 9 aromatic carbocycles. The van der Waals surface area contributed by atoms with Crippen molar-refractivity contribution in [3.8, 4) is 45.3 Å². The van der Waals surface area contributed by atoms with E-state index < -0.39 is 0 Å². The Morgan fingerprint density at radius 3 is 1.61 bits per heavy atom. The van der Waals surface area contributed by atoms with E-state index in [1.807, 2.05) is 30.3 Å². The zero-order valence-corrected chi connectivity index (χ0v) is 27.7. The van der Waals surface area contributed by atoms with Gasteiger partial charge in [-0.1, -0.05) is 140 Å². The Morgan fingerprint density at radius 2 is 0.863 bits per heavy atom.